The number of benzene rings is 1. The van der Waals surface area contributed by atoms with Gasteiger partial charge < -0.3 is 5.32 Å². The maximum atomic E-state index is 4.56. The molecular weight excluding hydrogens is 316 g/mol. The topological polar surface area (TPSA) is 50.7 Å². The number of fused-ring (bicyclic) bond motifs is 1. The fraction of sp³-hybridized carbons (Fsp3) is 0.133. The van der Waals surface area contributed by atoms with E-state index in [2.05, 4.69) is 42.3 Å². The Kier molecular flexibility index (Phi) is 3.36. The van der Waals surface area contributed by atoms with Gasteiger partial charge in [0.1, 0.15) is 5.82 Å². The predicted molar refractivity (Wildman–Crippen MR) is 84.8 cm³/mol. The number of rotatable bonds is 2. The molecule has 4 nitrogen and oxygen atoms in total. The normalized spacial score (nSPS) is 10.8. The van der Waals surface area contributed by atoms with Crippen LogP contribution in [-0.4, -0.2) is 22.0 Å². The molecule has 2 aromatic heterocycles. The first-order valence-corrected chi connectivity index (χ1v) is 7.05. The van der Waals surface area contributed by atoms with Crippen LogP contribution >= 0.6 is 15.9 Å². The molecule has 100 valence electrons. The molecule has 0 spiro atoms. The lowest BCUT2D eigenvalue weighted by Gasteiger charge is -2.10. The van der Waals surface area contributed by atoms with Gasteiger partial charge in [0.05, 0.1) is 10.2 Å². The molecule has 1 aromatic carbocycles. The van der Waals surface area contributed by atoms with E-state index in [0.29, 0.717) is 5.82 Å². The zero-order valence-corrected chi connectivity index (χ0v) is 12.8. The lowest BCUT2D eigenvalue weighted by atomic mass is 10.1. The molecule has 0 saturated heterocycles. The van der Waals surface area contributed by atoms with Gasteiger partial charge in [0.2, 0.25) is 0 Å². The van der Waals surface area contributed by atoms with Gasteiger partial charge in [-0.15, -0.1) is 0 Å². The first-order chi connectivity index (χ1) is 9.70. The highest BCUT2D eigenvalue weighted by atomic mass is 79.9. The van der Waals surface area contributed by atoms with Gasteiger partial charge in [-0.2, -0.15) is 0 Å². The van der Waals surface area contributed by atoms with Gasteiger partial charge in [-0.05, 0) is 28.2 Å². The van der Waals surface area contributed by atoms with Crippen molar-refractivity contribution in [3.8, 4) is 11.4 Å². The Morgan fingerprint density at radius 3 is 2.70 bits per heavy atom. The predicted octanol–water partition coefficient (Wildman–Crippen LogP) is 3.80. The third-order valence-electron chi connectivity index (χ3n) is 3.16. The Balaban J connectivity index is 2.28. The summed E-state index contributed by atoms with van der Waals surface area (Å²) in [5.41, 5.74) is 1.84. The first-order valence-electron chi connectivity index (χ1n) is 6.25. The summed E-state index contributed by atoms with van der Waals surface area (Å²) in [5.74, 6) is 1.46. The van der Waals surface area contributed by atoms with Gasteiger partial charge in [0, 0.05) is 30.4 Å². The summed E-state index contributed by atoms with van der Waals surface area (Å²) in [5, 5.41) is 5.26. The number of nitrogens with zero attached hydrogens (tertiary/aromatic N) is 3. The molecule has 0 amide bonds. The van der Waals surface area contributed by atoms with Crippen molar-refractivity contribution < 1.29 is 0 Å². The molecule has 20 heavy (non-hydrogen) atoms. The number of nitrogens with one attached hydrogen (secondary N) is 1. The summed E-state index contributed by atoms with van der Waals surface area (Å²) in [6, 6.07) is 8.11. The lowest BCUT2D eigenvalue weighted by molar-refractivity contribution is 1.09. The number of aryl methyl sites for hydroxylation is 1. The third kappa shape index (κ3) is 2.14. The second-order valence-corrected chi connectivity index (χ2v) is 5.25. The SMILES string of the molecule is CNc1nc(-c2cncc3ccccc23)nc(C)c1Br. The van der Waals surface area contributed by atoms with Crippen LogP contribution in [0.1, 0.15) is 5.69 Å². The maximum absolute atomic E-state index is 4.56. The molecule has 3 rings (SSSR count). The Bertz CT molecular complexity index is 781. The van der Waals surface area contributed by atoms with Crippen LogP contribution in [0.5, 0.6) is 0 Å². The van der Waals surface area contributed by atoms with Crippen LogP contribution in [-0.2, 0) is 0 Å². The van der Waals surface area contributed by atoms with E-state index in [4.69, 9.17) is 0 Å². The van der Waals surface area contributed by atoms with Crippen molar-refractivity contribution in [2.45, 2.75) is 6.92 Å². The van der Waals surface area contributed by atoms with E-state index in [-0.39, 0.29) is 0 Å². The molecule has 0 aliphatic rings. The van der Waals surface area contributed by atoms with Crippen molar-refractivity contribution in [3.05, 3.63) is 46.8 Å². The van der Waals surface area contributed by atoms with E-state index in [1.165, 1.54) is 0 Å². The maximum Gasteiger partial charge on any atom is 0.164 e. The number of halogens is 1. The number of anilines is 1. The average Bonchev–Trinajstić information content (AvgIpc) is 2.49. The summed E-state index contributed by atoms with van der Waals surface area (Å²) in [4.78, 5) is 13.4. The summed E-state index contributed by atoms with van der Waals surface area (Å²) in [6.07, 6.45) is 3.66. The van der Waals surface area contributed by atoms with E-state index in [1.807, 2.05) is 44.6 Å². The van der Waals surface area contributed by atoms with Crippen molar-refractivity contribution >= 4 is 32.5 Å². The monoisotopic (exact) mass is 328 g/mol. The molecule has 0 saturated carbocycles. The summed E-state index contributed by atoms with van der Waals surface area (Å²) in [6.45, 7) is 1.95. The molecule has 0 bridgehead atoms. The van der Waals surface area contributed by atoms with Crippen LogP contribution in [0.4, 0.5) is 5.82 Å². The molecule has 2 heterocycles. The fourth-order valence-corrected chi connectivity index (χ4v) is 2.52. The zero-order valence-electron chi connectivity index (χ0n) is 11.2. The standard InChI is InChI=1S/C15H13BrN4/c1-9-13(16)15(17-2)20-14(19-9)12-8-18-7-10-5-3-4-6-11(10)12/h3-8H,1-2H3,(H,17,19,20). The van der Waals surface area contributed by atoms with Gasteiger partial charge in [-0.3, -0.25) is 4.98 Å². The van der Waals surface area contributed by atoms with Gasteiger partial charge in [0.25, 0.3) is 0 Å². The van der Waals surface area contributed by atoms with Crippen LogP contribution in [0.2, 0.25) is 0 Å². The number of aromatic nitrogens is 3. The molecule has 3 aromatic rings. The molecule has 0 fully saturated rings. The molecule has 0 unspecified atom stereocenters. The van der Waals surface area contributed by atoms with Gasteiger partial charge >= 0.3 is 0 Å². The molecule has 5 heteroatoms. The van der Waals surface area contributed by atoms with Crippen LogP contribution in [0.3, 0.4) is 0 Å². The molecular formula is C15H13BrN4. The van der Waals surface area contributed by atoms with Crippen LogP contribution < -0.4 is 5.32 Å². The minimum Gasteiger partial charge on any atom is -0.372 e. The van der Waals surface area contributed by atoms with E-state index >= 15 is 0 Å². The number of hydrogen-bond donors (Lipinski definition) is 1. The first kappa shape index (κ1) is 13.0. The third-order valence-corrected chi connectivity index (χ3v) is 4.11. The fourth-order valence-electron chi connectivity index (χ4n) is 2.14. The lowest BCUT2D eigenvalue weighted by Crippen LogP contribution is -2.01. The molecule has 0 atom stereocenters. The van der Waals surface area contributed by atoms with Gasteiger partial charge in [0.15, 0.2) is 5.82 Å². The number of pyridine rings is 1. The number of hydrogen-bond acceptors (Lipinski definition) is 4. The minimum atomic E-state index is 0.680. The quantitative estimate of drug-likeness (QED) is 0.777. The van der Waals surface area contributed by atoms with Crippen LogP contribution in [0.15, 0.2) is 41.1 Å². The van der Waals surface area contributed by atoms with Crippen molar-refractivity contribution in [3.63, 3.8) is 0 Å². The molecule has 0 aliphatic carbocycles. The minimum absolute atomic E-state index is 0.680. The van der Waals surface area contributed by atoms with Gasteiger partial charge in [-0.1, -0.05) is 24.3 Å². The van der Waals surface area contributed by atoms with E-state index in [9.17, 15) is 0 Å². The average molecular weight is 329 g/mol. The summed E-state index contributed by atoms with van der Waals surface area (Å²) < 4.78 is 0.886. The smallest absolute Gasteiger partial charge is 0.164 e. The van der Waals surface area contributed by atoms with E-state index in [1.54, 1.807) is 0 Å². The molecule has 1 N–H and O–H groups in total. The summed E-state index contributed by atoms with van der Waals surface area (Å²) in [7, 11) is 1.84. The van der Waals surface area contributed by atoms with Crippen molar-refractivity contribution in [1.82, 2.24) is 15.0 Å². The Morgan fingerprint density at radius 2 is 1.90 bits per heavy atom. The molecule has 0 radical (unpaired) electrons. The van der Waals surface area contributed by atoms with Gasteiger partial charge in [-0.25, -0.2) is 9.97 Å². The highest BCUT2D eigenvalue weighted by Crippen LogP contribution is 2.29. The summed E-state index contributed by atoms with van der Waals surface area (Å²) >= 11 is 3.49. The van der Waals surface area contributed by atoms with Crippen LogP contribution in [0, 0.1) is 6.92 Å². The highest BCUT2D eigenvalue weighted by Gasteiger charge is 2.12. The van der Waals surface area contributed by atoms with Crippen molar-refractivity contribution in [1.29, 1.82) is 0 Å². The second kappa shape index (κ2) is 5.17. The second-order valence-electron chi connectivity index (χ2n) is 4.45. The Morgan fingerprint density at radius 1 is 1.10 bits per heavy atom. The highest BCUT2D eigenvalue weighted by molar-refractivity contribution is 9.10. The molecule has 0 aliphatic heterocycles. The van der Waals surface area contributed by atoms with E-state index < -0.39 is 0 Å². The van der Waals surface area contributed by atoms with E-state index in [0.717, 1.165) is 32.3 Å². The van der Waals surface area contributed by atoms with Crippen molar-refractivity contribution in [2.24, 2.45) is 0 Å². The van der Waals surface area contributed by atoms with Crippen LogP contribution in [0.25, 0.3) is 22.2 Å². The largest absolute Gasteiger partial charge is 0.372 e. The Labute approximate surface area is 125 Å². The Hall–Kier alpha value is -2.01. The zero-order chi connectivity index (χ0) is 14.1. The van der Waals surface area contributed by atoms with Crippen molar-refractivity contribution in [2.75, 3.05) is 12.4 Å².